The topological polar surface area (TPSA) is 26.0 Å². The quantitative estimate of drug-likeness (QED) is 0.519. The van der Waals surface area contributed by atoms with E-state index in [1.165, 1.54) is 0 Å². The van der Waals surface area contributed by atoms with Gasteiger partial charge >= 0.3 is 0 Å². The number of likely N-dealkylation sites (N-methyl/N-ethyl adjacent to an activating group) is 1. The summed E-state index contributed by atoms with van der Waals surface area (Å²) in [5, 5.41) is 0. The van der Waals surface area contributed by atoms with Gasteiger partial charge in [0.1, 0.15) is 0 Å². The first-order valence-corrected chi connectivity index (χ1v) is 3.14. The van der Waals surface area contributed by atoms with Crippen molar-refractivity contribution in [2.24, 2.45) is 5.73 Å². The molecule has 8 heavy (non-hydrogen) atoms. The van der Waals surface area contributed by atoms with E-state index < -0.39 is 0 Å². The Balaban J connectivity index is 3.37. The molecule has 0 bridgehead atoms. The Morgan fingerprint density at radius 2 is 1.88 bits per heavy atom. The van der Waals surface area contributed by atoms with Gasteiger partial charge in [-0.3, -0.25) is 0 Å². The molecule has 50 valence electrons. The summed E-state index contributed by atoms with van der Waals surface area (Å²) in [5.41, 5.74) is 5.37. The Bertz CT molecular complexity index is 59.5. The van der Waals surface area contributed by atoms with Gasteiger partial charge in [-0.2, -0.15) is 0 Å². The normalized spacial score (nSPS) is 12.0. The van der Waals surface area contributed by atoms with Gasteiger partial charge in [0.05, 0.1) is 27.2 Å². The van der Waals surface area contributed by atoms with E-state index in [1.54, 1.807) is 0 Å². The fraction of sp³-hybridized carbons (Fsp3) is 1.00. The predicted octanol–water partition coefficient (Wildman–Crippen LogP) is 0.0414. The first-order valence-electron chi connectivity index (χ1n) is 3.14. The molecule has 0 saturated carbocycles. The molecule has 0 unspecified atom stereocenters. The van der Waals surface area contributed by atoms with E-state index in [-0.39, 0.29) is 0 Å². The fourth-order valence-electron chi connectivity index (χ4n) is 0.508. The second-order valence-corrected chi connectivity index (χ2v) is 2.76. The smallest absolute Gasteiger partial charge is 0.0907 e. The first-order chi connectivity index (χ1) is 3.62. The zero-order chi connectivity index (χ0) is 6.62. The van der Waals surface area contributed by atoms with E-state index in [2.05, 4.69) is 21.0 Å². The second-order valence-electron chi connectivity index (χ2n) is 2.76. The highest BCUT2D eigenvalue weighted by molar-refractivity contribution is 4.30. The van der Waals surface area contributed by atoms with Crippen molar-refractivity contribution in [1.82, 2.24) is 0 Å². The van der Waals surface area contributed by atoms with Crippen molar-refractivity contribution >= 4 is 0 Å². The van der Waals surface area contributed by atoms with Crippen LogP contribution in [0.1, 0.15) is 6.92 Å². The Kier molecular flexibility index (Phi) is 3.02. The van der Waals surface area contributed by atoms with Crippen molar-refractivity contribution in [2.45, 2.75) is 6.92 Å². The standard InChI is InChI=1S/C6H17N2/c1-4-8(2,3)6-5-7/h4-7H2,1-3H3/q+1. The zero-order valence-corrected chi connectivity index (χ0v) is 6.15. The van der Waals surface area contributed by atoms with E-state index >= 15 is 0 Å². The molecule has 0 fully saturated rings. The molecule has 0 aliphatic heterocycles. The third kappa shape index (κ3) is 2.99. The van der Waals surface area contributed by atoms with Gasteiger partial charge in [-0.25, -0.2) is 0 Å². The molecule has 0 aromatic carbocycles. The van der Waals surface area contributed by atoms with Crippen LogP contribution in [0.2, 0.25) is 0 Å². The van der Waals surface area contributed by atoms with Crippen LogP contribution in [0.5, 0.6) is 0 Å². The summed E-state index contributed by atoms with van der Waals surface area (Å²) in [7, 11) is 4.37. The Hall–Kier alpha value is -0.0800. The van der Waals surface area contributed by atoms with Crippen molar-refractivity contribution in [3.63, 3.8) is 0 Å². The molecule has 0 aliphatic carbocycles. The highest BCUT2D eigenvalue weighted by Gasteiger charge is 2.07. The number of quaternary nitrogens is 1. The van der Waals surface area contributed by atoms with Crippen LogP contribution in [0.4, 0.5) is 0 Å². The van der Waals surface area contributed by atoms with Crippen LogP contribution < -0.4 is 5.73 Å². The number of hydrogen-bond donors (Lipinski definition) is 1. The van der Waals surface area contributed by atoms with Crippen molar-refractivity contribution in [3.8, 4) is 0 Å². The van der Waals surface area contributed by atoms with Crippen LogP contribution in [0.3, 0.4) is 0 Å². The molecule has 0 aromatic heterocycles. The van der Waals surface area contributed by atoms with Crippen LogP contribution in [0.15, 0.2) is 0 Å². The number of hydrogen-bond acceptors (Lipinski definition) is 1. The molecule has 2 nitrogen and oxygen atoms in total. The minimum absolute atomic E-state index is 0.792. The van der Waals surface area contributed by atoms with Gasteiger partial charge < -0.3 is 10.2 Å². The summed E-state index contributed by atoms with van der Waals surface area (Å²) in [6.45, 7) is 5.21. The Morgan fingerprint density at radius 3 is 2.00 bits per heavy atom. The van der Waals surface area contributed by atoms with E-state index in [0.717, 1.165) is 24.1 Å². The lowest BCUT2D eigenvalue weighted by Crippen LogP contribution is -2.42. The summed E-state index contributed by atoms with van der Waals surface area (Å²) < 4.78 is 1.04. The van der Waals surface area contributed by atoms with Crippen molar-refractivity contribution in [1.29, 1.82) is 0 Å². The highest BCUT2D eigenvalue weighted by atomic mass is 15.3. The molecule has 0 atom stereocenters. The molecule has 0 aliphatic rings. The summed E-state index contributed by atoms with van der Waals surface area (Å²) in [5.74, 6) is 0. The SMILES string of the molecule is CC[N+](C)(C)CCN. The monoisotopic (exact) mass is 117 g/mol. The summed E-state index contributed by atoms with van der Waals surface area (Å²) >= 11 is 0. The second kappa shape index (κ2) is 3.05. The first kappa shape index (κ1) is 7.92. The van der Waals surface area contributed by atoms with E-state index in [9.17, 15) is 0 Å². The van der Waals surface area contributed by atoms with Crippen molar-refractivity contribution in [2.75, 3.05) is 33.7 Å². The van der Waals surface area contributed by atoms with E-state index in [4.69, 9.17) is 5.73 Å². The van der Waals surface area contributed by atoms with Gasteiger partial charge in [0, 0.05) is 6.54 Å². The molecule has 0 heterocycles. The highest BCUT2D eigenvalue weighted by Crippen LogP contribution is 1.91. The van der Waals surface area contributed by atoms with Gasteiger partial charge in [0.2, 0.25) is 0 Å². The lowest BCUT2D eigenvalue weighted by molar-refractivity contribution is -0.887. The third-order valence-electron chi connectivity index (χ3n) is 1.59. The van der Waals surface area contributed by atoms with Crippen molar-refractivity contribution < 1.29 is 4.48 Å². The molecular weight excluding hydrogens is 100 g/mol. The third-order valence-corrected chi connectivity index (χ3v) is 1.59. The maximum absolute atomic E-state index is 5.37. The van der Waals surface area contributed by atoms with Crippen LogP contribution in [0.25, 0.3) is 0 Å². The Labute approximate surface area is 51.9 Å². The summed E-state index contributed by atoms with van der Waals surface area (Å²) in [6.07, 6.45) is 0. The van der Waals surface area contributed by atoms with Crippen LogP contribution in [0, 0.1) is 0 Å². The van der Waals surface area contributed by atoms with E-state index in [0.29, 0.717) is 0 Å². The van der Waals surface area contributed by atoms with Gasteiger partial charge in [0.15, 0.2) is 0 Å². The summed E-state index contributed by atoms with van der Waals surface area (Å²) in [6, 6.07) is 0. The van der Waals surface area contributed by atoms with Crippen LogP contribution in [-0.2, 0) is 0 Å². The maximum atomic E-state index is 5.37. The maximum Gasteiger partial charge on any atom is 0.0907 e. The molecule has 0 spiro atoms. The minimum Gasteiger partial charge on any atom is -0.328 e. The molecule has 2 heteroatoms. The number of rotatable bonds is 3. The predicted molar refractivity (Wildman–Crippen MR) is 36.6 cm³/mol. The Morgan fingerprint density at radius 1 is 1.38 bits per heavy atom. The lowest BCUT2D eigenvalue weighted by atomic mass is 10.4. The average molecular weight is 117 g/mol. The van der Waals surface area contributed by atoms with Gasteiger partial charge in [-0.15, -0.1) is 0 Å². The van der Waals surface area contributed by atoms with Gasteiger partial charge in [-0.05, 0) is 6.92 Å². The van der Waals surface area contributed by atoms with Crippen molar-refractivity contribution in [3.05, 3.63) is 0 Å². The number of nitrogens with zero attached hydrogens (tertiary/aromatic N) is 1. The van der Waals surface area contributed by atoms with Crippen LogP contribution in [-0.4, -0.2) is 38.2 Å². The lowest BCUT2D eigenvalue weighted by Gasteiger charge is -2.27. The van der Waals surface area contributed by atoms with Crippen LogP contribution >= 0.6 is 0 Å². The molecule has 2 N–H and O–H groups in total. The average Bonchev–Trinajstić information content (AvgIpc) is 1.67. The van der Waals surface area contributed by atoms with E-state index in [1.807, 2.05) is 0 Å². The molecule has 0 radical (unpaired) electrons. The molecule has 0 saturated heterocycles. The molecule has 0 amide bonds. The van der Waals surface area contributed by atoms with Gasteiger partial charge in [-0.1, -0.05) is 0 Å². The summed E-state index contributed by atoms with van der Waals surface area (Å²) in [4.78, 5) is 0. The minimum atomic E-state index is 0.792. The largest absolute Gasteiger partial charge is 0.328 e. The molecule has 0 aromatic rings. The molecule has 0 rings (SSSR count). The molecular formula is C6H17N2+. The van der Waals surface area contributed by atoms with Gasteiger partial charge in [0.25, 0.3) is 0 Å². The zero-order valence-electron chi connectivity index (χ0n) is 6.15. The fourth-order valence-corrected chi connectivity index (χ4v) is 0.508. The number of nitrogens with two attached hydrogens (primary N) is 1.